The number of anilines is 1. The van der Waals surface area contributed by atoms with E-state index in [0.29, 0.717) is 22.6 Å². The molecule has 0 N–H and O–H groups in total. The van der Waals surface area contributed by atoms with Crippen molar-refractivity contribution in [2.75, 3.05) is 25.2 Å². The molecule has 1 amide bonds. The molecule has 1 fully saturated rings. The van der Waals surface area contributed by atoms with Gasteiger partial charge in [-0.25, -0.2) is 4.79 Å². The molecule has 0 saturated carbocycles. The van der Waals surface area contributed by atoms with Crippen molar-refractivity contribution < 1.29 is 33.4 Å². The van der Waals surface area contributed by atoms with Crippen LogP contribution in [0, 0.1) is 5.92 Å². The van der Waals surface area contributed by atoms with E-state index in [1.165, 1.54) is 36.3 Å². The van der Waals surface area contributed by atoms with Gasteiger partial charge in [0.1, 0.15) is 11.5 Å². The first-order chi connectivity index (χ1) is 17.3. The van der Waals surface area contributed by atoms with Crippen molar-refractivity contribution in [2.24, 2.45) is 5.92 Å². The first kappa shape index (κ1) is 25.1. The van der Waals surface area contributed by atoms with Crippen LogP contribution < -0.4 is 14.4 Å². The molecule has 0 bridgehead atoms. The number of methoxy groups -OCH3 is 1. The summed E-state index contributed by atoms with van der Waals surface area (Å²) < 4.78 is 16.5. The highest BCUT2D eigenvalue weighted by molar-refractivity contribution is 9.10. The number of Topliss-reactive ketones (excluding diaryl/α,β-unsaturated/α-hetero) is 1. The Kier molecular flexibility index (Phi) is 7.80. The lowest BCUT2D eigenvalue weighted by Crippen LogP contribution is -2.27. The zero-order valence-corrected chi connectivity index (χ0v) is 20.9. The van der Waals surface area contributed by atoms with Gasteiger partial charge in [0, 0.05) is 28.7 Å². The normalized spacial score (nSPS) is 14.9. The number of esters is 2. The topological polar surface area (TPSA) is 99.2 Å². The third kappa shape index (κ3) is 5.98. The molecule has 0 aliphatic carbocycles. The standard InChI is InChI=1S/C27H22BrNO7/c1-34-23-4-2-3-18(13-23)27(33)36-22-11-5-17(6-12-22)24(30)16-35-26(32)19-14-25(31)29(15-19)21-9-7-20(28)8-10-21/h2-13,19H,14-16H2,1H3/t19-/m1/s1. The van der Waals surface area contributed by atoms with Gasteiger partial charge in [0.2, 0.25) is 5.91 Å². The average molecular weight is 552 g/mol. The minimum atomic E-state index is -0.646. The third-order valence-corrected chi connectivity index (χ3v) is 6.16. The molecule has 8 nitrogen and oxygen atoms in total. The fraction of sp³-hybridized carbons (Fsp3) is 0.185. The van der Waals surface area contributed by atoms with E-state index >= 15 is 0 Å². The third-order valence-electron chi connectivity index (χ3n) is 5.63. The molecule has 184 valence electrons. The summed E-state index contributed by atoms with van der Waals surface area (Å²) in [6.45, 7) is -0.258. The summed E-state index contributed by atoms with van der Waals surface area (Å²) in [5.74, 6) is -1.61. The number of ketones is 1. The van der Waals surface area contributed by atoms with Gasteiger partial charge in [-0.05, 0) is 66.7 Å². The molecule has 0 radical (unpaired) electrons. The highest BCUT2D eigenvalue weighted by Crippen LogP contribution is 2.27. The van der Waals surface area contributed by atoms with Crippen LogP contribution in [0.25, 0.3) is 0 Å². The van der Waals surface area contributed by atoms with E-state index in [9.17, 15) is 19.2 Å². The molecule has 36 heavy (non-hydrogen) atoms. The summed E-state index contributed by atoms with van der Waals surface area (Å²) in [5, 5.41) is 0. The van der Waals surface area contributed by atoms with Crippen molar-refractivity contribution >= 4 is 45.2 Å². The van der Waals surface area contributed by atoms with Gasteiger partial charge in [0.05, 0.1) is 18.6 Å². The molecule has 3 aromatic carbocycles. The number of benzene rings is 3. The molecule has 0 spiro atoms. The van der Waals surface area contributed by atoms with Crippen LogP contribution >= 0.6 is 15.9 Å². The van der Waals surface area contributed by atoms with Gasteiger partial charge in [-0.2, -0.15) is 0 Å². The number of nitrogens with zero attached hydrogens (tertiary/aromatic N) is 1. The van der Waals surface area contributed by atoms with Crippen LogP contribution in [0.15, 0.2) is 77.3 Å². The highest BCUT2D eigenvalue weighted by Gasteiger charge is 2.36. The van der Waals surface area contributed by atoms with Gasteiger partial charge < -0.3 is 19.1 Å². The summed E-state index contributed by atoms with van der Waals surface area (Å²) in [7, 11) is 1.50. The van der Waals surface area contributed by atoms with E-state index in [-0.39, 0.29) is 24.6 Å². The molecule has 1 aliphatic heterocycles. The first-order valence-corrected chi connectivity index (χ1v) is 11.9. The maximum absolute atomic E-state index is 12.5. The first-order valence-electron chi connectivity index (χ1n) is 11.1. The molecule has 4 rings (SSSR count). The molecule has 1 heterocycles. The fourth-order valence-electron chi connectivity index (χ4n) is 3.70. The predicted octanol–water partition coefficient (Wildman–Crippen LogP) is 4.46. The molecule has 0 aromatic heterocycles. The number of carbonyl (C=O) groups excluding carboxylic acids is 4. The summed E-state index contributed by atoms with van der Waals surface area (Å²) in [4.78, 5) is 51.2. The van der Waals surface area contributed by atoms with Crippen LogP contribution in [-0.4, -0.2) is 43.9 Å². The van der Waals surface area contributed by atoms with E-state index in [0.717, 1.165) is 4.47 Å². The lowest BCUT2D eigenvalue weighted by atomic mass is 10.1. The number of amides is 1. The lowest BCUT2D eigenvalue weighted by Gasteiger charge is -2.16. The zero-order chi connectivity index (χ0) is 25.7. The number of rotatable bonds is 8. The van der Waals surface area contributed by atoms with Crippen LogP contribution in [0.3, 0.4) is 0 Å². The van der Waals surface area contributed by atoms with Gasteiger partial charge in [-0.1, -0.05) is 22.0 Å². The highest BCUT2D eigenvalue weighted by atomic mass is 79.9. The second-order valence-electron chi connectivity index (χ2n) is 8.06. The molecule has 1 saturated heterocycles. The van der Waals surface area contributed by atoms with E-state index in [1.54, 1.807) is 36.4 Å². The van der Waals surface area contributed by atoms with E-state index < -0.39 is 30.2 Å². The van der Waals surface area contributed by atoms with Crippen molar-refractivity contribution in [3.05, 3.63) is 88.4 Å². The fourth-order valence-corrected chi connectivity index (χ4v) is 3.96. The van der Waals surface area contributed by atoms with Gasteiger partial charge in [0.15, 0.2) is 12.4 Å². The van der Waals surface area contributed by atoms with E-state index in [1.807, 2.05) is 12.1 Å². The van der Waals surface area contributed by atoms with Crippen LogP contribution in [0.4, 0.5) is 5.69 Å². The number of hydrogen-bond donors (Lipinski definition) is 0. The van der Waals surface area contributed by atoms with Gasteiger partial charge >= 0.3 is 11.9 Å². The van der Waals surface area contributed by atoms with E-state index in [2.05, 4.69) is 15.9 Å². The molecule has 1 atom stereocenters. The Labute approximate surface area is 215 Å². The zero-order valence-electron chi connectivity index (χ0n) is 19.3. The summed E-state index contributed by atoms with van der Waals surface area (Å²) >= 11 is 3.35. The minimum absolute atomic E-state index is 0.0242. The number of carbonyl (C=O) groups is 4. The molecule has 1 aliphatic rings. The smallest absolute Gasteiger partial charge is 0.343 e. The monoisotopic (exact) mass is 551 g/mol. The van der Waals surface area contributed by atoms with Crippen LogP contribution in [-0.2, 0) is 14.3 Å². The lowest BCUT2D eigenvalue weighted by molar-refractivity contribution is -0.147. The largest absolute Gasteiger partial charge is 0.497 e. The molecular weight excluding hydrogens is 530 g/mol. The number of hydrogen-bond acceptors (Lipinski definition) is 7. The van der Waals surface area contributed by atoms with Gasteiger partial charge in [-0.3, -0.25) is 14.4 Å². The number of ether oxygens (including phenoxy) is 3. The Bertz CT molecular complexity index is 1290. The SMILES string of the molecule is COc1cccc(C(=O)Oc2ccc(C(=O)COC(=O)[C@@H]3CC(=O)N(c4ccc(Br)cc4)C3)cc2)c1. The maximum Gasteiger partial charge on any atom is 0.343 e. The molecule has 3 aromatic rings. The Morgan fingerprint density at radius 3 is 2.36 bits per heavy atom. The second kappa shape index (κ2) is 11.2. The molecule has 9 heteroatoms. The van der Waals surface area contributed by atoms with Crippen LogP contribution in [0.2, 0.25) is 0 Å². The van der Waals surface area contributed by atoms with Crippen molar-refractivity contribution in [3.63, 3.8) is 0 Å². The van der Waals surface area contributed by atoms with Crippen LogP contribution in [0.1, 0.15) is 27.1 Å². The Morgan fingerprint density at radius 2 is 1.67 bits per heavy atom. The van der Waals surface area contributed by atoms with Crippen LogP contribution in [0.5, 0.6) is 11.5 Å². The average Bonchev–Trinajstić information content (AvgIpc) is 3.29. The second-order valence-corrected chi connectivity index (χ2v) is 8.97. The Hall–Kier alpha value is -3.98. The molecule has 0 unspecified atom stereocenters. The Morgan fingerprint density at radius 1 is 0.944 bits per heavy atom. The maximum atomic E-state index is 12.5. The Balaban J connectivity index is 1.29. The predicted molar refractivity (Wildman–Crippen MR) is 134 cm³/mol. The quantitative estimate of drug-likeness (QED) is 0.231. The van der Waals surface area contributed by atoms with Crippen molar-refractivity contribution in [3.8, 4) is 11.5 Å². The molecular formula is C27H22BrNO7. The number of halogens is 1. The van der Waals surface area contributed by atoms with Gasteiger partial charge in [-0.15, -0.1) is 0 Å². The van der Waals surface area contributed by atoms with Gasteiger partial charge in [0.25, 0.3) is 0 Å². The summed E-state index contributed by atoms with van der Waals surface area (Å²) in [6.07, 6.45) is 0.0242. The van der Waals surface area contributed by atoms with Crippen molar-refractivity contribution in [1.29, 1.82) is 0 Å². The summed E-state index contributed by atoms with van der Waals surface area (Å²) in [6, 6.07) is 19.7. The minimum Gasteiger partial charge on any atom is -0.497 e. The summed E-state index contributed by atoms with van der Waals surface area (Å²) in [5.41, 5.74) is 1.32. The van der Waals surface area contributed by atoms with E-state index in [4.69, 9.17) is 14.2 Å². The van der Waals surface area contributed by atoms with Crippen molar-refractivity contribution in [2.45, 2.75) is 6.42 Å². The van der Waals surface area contributed by atoms with Crippen molar-refractivity contribution in [1.82, 2.24) is 0 Å².